The molecule has 118 valence electrons. The van der Waals surface area contributed by atoms with E-state index in [0.717, 1.165) is 26.1 Å². The lowest BCUT2D eigenvalue weighted by Crippen LogP contribution is -2.35. The quantitative estimate of drug-likeness (QED) is 0.929. The summed E-state index contributed by atoms with van der Waals surface area (Å²) in [5, 5.41) is 3.40. The van der Waals surface area contributed by atoms with Gasteiger partial charge < -0.3 is 10.2 Å². The highest BCUT2D eigenvalue weighted by Crippen LogP contribution is 2.50. The van der Waals surface area contributed by atoms with Gasteiger partial charge in [0.25, 0.3) is 0 Å². The summed E-state index contributed by atoms with van der Waals surface area (Å²) >= 11 is 0. The summed E-state index contributed by atoms with van der Waals surface area (Å²) in [6, 6.07) is 8.62. The van der Waals surface area contributed by atoms with E-state index in [4.69, 9.17) is 0 Å². The minimum absolute atomic E-state index is 0.265. The number of hydrogen-bond acceptors (Lipinski definition) is 2. The third-order valence-electron chi connectivity index (χ3n) is 6.02. The van der Waals surface area contributed by atoms with Gasteiger partial charge in [0, 0.05) is 24.1 Å². The number of anilines is 1. The van der Waals surface area contributed by atoms with Crippen molar-refractivity contribution in [1.82, 2.24) is 5.32 Å². The SMILES string of the molecule is O=C(CCC1CCNC1)N1CC2(CCCC2)c2ccccc21. The predicted molar refractivity (Wildman–Crippen MR) is 89.2 cm³/mol. The summed E-state index contributed by atoms with van der Waals surface area (Å²) in [4.78, 5) is 14.9. The van der Waals surface area contributed by atoms with Gasteiger partial charge in [-0.1, -0.05) is 31.0 Å². The van der Waals surface area contributed by atoms with E-state index in [1.165, 1.54) is 43.4 Å². The molecular weight excluding hydrogens is 272 g/mol. The van der Waals surface area contributed by atoms with Crippen molar-refractivity contribution in [3.8, 4) is 0 Å². The molecule has 1 aromatic rings. The highest BCUT2D eigenvalue weighted by molar-refractivity contribution is 5.96. The first-order valence-corrected chi connectivity index (χ1v) is 8.89. The maximum atomic E-state index is 12.8. The Kier molecular flexibility index (Phi) is 3.69. The molecule has 2 heterocycles. The van der Waals surface area contributed by atoms with E-state index >= 15 is 0 Å². The zero-order valence-corrected chi connectivity index (χ0v) is 13.3. The fraction of sp³-hybridized carbons (Fsp3) is 0.632. The van der Waals surface area contributed by atoms with Crippen molar-refractivity contribution in [2.45, 2.75) is 50.4 Å². The molecule has 4 rings (SSSR count). The maximum Gasteiger partial charge on any atom is 0.227 e. The van der Waals surface area contributed by atoms with Crippen LogP contribution < -0.4 is 10.2 Å². The third kappa shape index (κ3) is 2.36. The lowest BCUT2D eigenvalue weighted by molar-refractivity contribution is -0.118. The third-order valence-corrected chi connectivity index (χ3v) is 6.02. The molecule has 3 heteroatoms. The molecule has 1 aromatic carbocycles. The number of nitrogens with zero attached hydrogens (tertiary/aromatic N) is 1. The van der Waals surface area contributed by atoms with E-state index in [1.54, 1.807) is 0 Å². The van der Waals surface area contributed by atoms with Crippen LogP contribution in [0.5, 0.6) is 0 Å². The normalized spacial score (nSPS) is 25.8. The van der Waals surface area contributed by atoms with Crippen LogP contribution in [0.1, 0.15) is 50.5 Å². The van der Waals surface area contributed by atoms with Crippen molar-refractivity contribution >= 4 is 11.6 Å². The van der Waals surface area contributed by atoms with Crippen molar-refractivity contribution in [2.24, 2.45) is 5.92 Å². The van der Waals surface area contributed by atoms with E-state index in [2.05, 4.69) is 34.5 Å². The van der Waals surface area contributed by atoms with Crippen LogP contribution >= 0.6 is 0 Å². The first-order chi connectivity index (χ1) is 10.8. The molecule has 2 aliphatic heterocycles. The second-order valence-corrected chi connectivity index (χ2v) is 7.38. The Morgan fingerprint density at radius 1 is 1.27 bits per heavy atom. The van der Waals surface area contributed by atoms with Gasteiger partial charge in [0.2, 0.25) is 5.91 Å². The number of carbonyl (C=O) groups is 1. The Hall–Kier alpha value is -1.35. The lowest BCUT2D eigenvalue weighted by Gasteiger charge is -2.25. The molecular formula is C19H26N2O. The standard InChI is InChI=1S/C19H26N2O/c22-18(8-7-15-9-12-20-13-15)21-14-19(10-3-4-11-19)16-5-1-2-6-17(16)21/h1-2,5-6,15,20H,3-4,7-14H2. The summed E-state index contributed by atoms with van der Waals surface area (Å²) in [6.45, 7) is 3.14. The van der Waals surface area contributed by atoms with E-state index in [9.17, 15) is 4.79 Å². The van der Waals surface area contributed by atoms with Crippen molar-refractivity contribution < 1.29 is 4.79 Å². The molecule has 1 amide bonds. The van der Waals surface area contributed by atoms with Crippen molar-refractivity contribution in [1.29, 1.82) is 0 Å². The topological polar surface area (TPSA) is 32.3 Å². The minimum Gasteiger partial charge on any atom is -0.316 e. The second-order valence-electron chi connectivity index (χ2n) is 7.38. The van der Waals surface area contributed by atoms with Gasteiger partial charge in [-0.25, -0.2) is 0 Å². The molecule has 1 saturated heterocycles. The molecule has 3 aliphatic rings. The molecule has 0 aromatic heterocycles. The van der Waals surface area contributed by atoms with Crippen LogP contribution in [-0.4, -0.2) is 25.5 Å². The molecule has 1 atom stereocenters. The largest absolute Gasteiger partial charge is 0.316 e. The van der Waals surface area contributed by atoms with E-state index in [1.807, 2.05) is 0 Å². The van der Waals surface area contributed by atoms with Gasteiger partial charge in [-0.15, -0.1) is 0 Å². The van der Waals surface area contributed by atoms with Crippen molar-refractivity contribution in [3.63, 3.8) is 0 Å². The van der Waals surface area contributed by atoms with Gasteiger partial charge in [-0.2, -0.15) is 0 Å². The van der Waals surface area contributed by atoms with Gasteiger partial charge in [-0.3, -0.25) is 4.79 Å². The fourth-order valence-electron chi connectivity index (χ4n) is 4.76. The number of hydrogen-bond donors (Lipinski definition) is 1. The summed E-state index contributed by atoms with van der Waals surface area (Å²) < 4.78 is 0. The number of carbonyl (C=O) groups excluding carboxylic acids is 1. The smallest absolute Gasteiger partial charge is 0.227 e. The van der Waals surface area contributed by atoms with Crippen molar-refractivity contribution in [3.05, 3.63) is 29.8 Å². The van der Waals surface area contributed by atoms with E-state index in [0.29, 0.717) is 18.2 Å². The van der Waals surface area contributed by atoms with E-state index < -0.39 is 0 Å². The number of nitrogens with one attached hydrogen (secondary N) is 1. The van der Waals surface area contributed by atoms with Crippen LogP contribution in [-0.2, 0) is 10.2 Å². The monoisotopic (exact) mass is 298 g/mol. The molecule has 1 unspecified atom stereocenters. The number of rotatable bonds is 3. The molecule has 2 fully saturated rings. The highest BCUT2D eigenvalue weighted by atomic mass is 16.2. The van der Waals surface area contributed by atoms with Crippen LogP contribution in [0.3, 0.4) is 0 Å². The first kappa shape index (κ1) is 14.3. The van der Waals surface area contributed by atoms with Crippen LogP contribution in [0.15, 0.2) is 24.3 Å². The first-order valence-electron chi connectivity index (χ1n) is 8.89. The zero-order chi connectivity index (χ0) is 15.0. The minimum atomic E-state index is 0.265. The summed E-state index contributed by atoms with van der Waals surface area (Å²) in [6.07, 6.45) is 8.09. The molecule has 1 saturated carbocycles. The summed E-state index contributed by atoms with van der Waals surface area (Å²) in [5.74, 6) is 1.03. The Bertz CT molecular complexity index is 556. The average Bonchev–Trinajstić information content (AvgIpc) is 3.28. The summed E-state index contributed by atoms with van der Waals surface area (Å²) in [5.41, 5.74) is 2.89. The Balaban J connectivity index is 1.51. The van der Waals surface area contributed by atoms with Gasteiger partial charge in [-0.05, 0) is 56.3 Å². The molecule has 1 N–H and O–H groups in total. The van der Waals surface area contributed by atoms with Gasteiger partial charge >= 0.3 is 0 Å². The van der Waals surface area contributed by atoms with Gasteiger partial charge in [0.1, 0.15) is 0 Å². The maximum absolute atomic E-state index is 12.8. The fourth-order valence-corrected chi connectivity index (χ4v) is 4.76. The molecule has 3 nitrogen and oxygen atoms in total. The lowest BCUT2D eigenvalue weighted by atomic mass is 9.81. The Morgan fingerprint density at radius 2 is 2.09 bits per heavy atom. The average molecular weight is 298 g/mol. The summed E-state index contributed by atoms with van der Waals surface area (Å²) in [7, 11) is 0. The van der Waals surface area contributed by atoms with Gasteiger partial charge in [0.05, 0.1) is 0 Å². The second kappa shape index (κ2) is 5.69. The molecule has 22 heavy (non-hydrogen) atoms. The van der Waals surface area contributed by atoms with E-state index in [-0.39, 0.29) is 5.41 Å². The van der Waals surface area contributed by atoms with Crippen LogP contribution in [0.2, 0.25) is 0 Å². The molecule has 1 aliphatic carbocycles. The number of benzene rings is 1. The molecule has 0 radical (unpaired) electrons. The number of amides is 1. The van der Waals surface area contributed by atoms with Crippen LogP contribution in [0, 0.1) is 5.92 Å². The zero-order valence-electron chi connectivity index (χ0n) is 13.3. The Labute approximate surface area is 133 Å². The molecule has 1 spiro atoms. The number of para-hydroxylation sites is 1. The van der Waals surface area contributed by atoms with Crippen molar-refractivity contribution in [2.75, 3.05) is 24.5 Å². The predicted octanol–water partition coefficient (Wildman–Crippen LogP) is 3.23. The van der Waals surface area contributed by atoms with Gasteiger partial charge in [0.15, 0.2) is 0 Å². The molecule has 0 bridgehead atoms. The number of fused-ring (bicyclic) bond motifs is 2. The van der Waals surface area contributed by atoms with Crippen LogP contribution in [0.4, 0.5) is 5.69 Å². The Morgan fingerprint density at radius 3 is 2.86 bits per heavy atom. The highest BCUT2D eigenvalue weighted by Gasteiger charge is 2.45. The van der Waals surface area contributed by atoms with Crippen LogP contribution in [0.25, 0.3) is 0 Å².